The molecule has 2 aromatic rings. The summed E-state index contributed by atoms with van der Waals surface area (Å²) in [7, 11) is 1.10. The molecule has 2 N–H and O–H groups in total. The van der Waals surface area contributed by atoms with E-state index >= 15 is 0 Å². The summed E-state index contributed by atoms with van der Waals surface area (Å²) in [6.45, 7) is 6.29. The number of hydrogen-bond donors (Lipinski definition) is 2. The van der Waals surface area contributed by atoms with Crippen molar-refractivity contribution in [1.29, 1.82) is 0 Å². The van der Waals surface area contributed by atoms with Crippen LogP contribution in [0.1, 0.15) is 51.8 Å². The fourth-order valence-electron chi connectivity index (χ4n) is 2.86. The fourth-order valence-corrected chi connectivity index (χ4v) is 2.86. The number of non-ortho nitro benzene ring substituents is 1. The summed E-state index contributed by atoms with van der Waals surface area (Å²) in [5.74, 6) is -1.54. The van der Waals surface area contributed by atoms with Gasteiger partial charge in [-0.25, -0.2) is 4.79 Å². The average Bonchev–Trinajstić information content (AvgIpc) is 2.83. The number of hydrogen-bond acceptors (Lipinski definition) is 9. The molecule has 0 aliphatic carbocycles. The van der Waals surface area contributed by atoms with Gasteiger partial charge < -0.3 is 18.9 Å². The molecule has 0 heterocycles. The standard InChI is InChI=1S/C22H25N3O9/c1-5-32-17-11-14(12-18(33-6-2)19(17)34-7-3)21(27)24-23-20(26)13-8-15(22(28)31-4)10-16(9-13)25(29)30/h8-12H,5-7H2,1-4H3,(H,23,26)(H,24,27). The number of amides is 2. The number of hydrazine groups is 1. The van der Waals surface area contributed by atoms with Crippen LogP contribution in [0.2, 0.25) is 0 Å². The third-order valence-corrected chi connectivity index (χ3v) is 4.27. The first-order chi connectivity index (χ1) is 16.2. The Hall–Kier alpha value is -4.35. The monoisotopic (exact) mass is 475 g/mol. The minimum absolute atomic E-state index is 0.102. The van der Waals surface area contributed by atoms with E-state index in [1.54, 1.807) is 20.8 Å². The summed E-state index contributed by atoms with van der Waals surface area (Å²) in [5, 5.41) is 11.2. The number of nitro groups is 1. The SMILES string of the molecule is CCOc1cc(C(=O)NNC(=O)c2cc(C(=O)OC)cc([N+](=O)[O-])c2)cc(OCC)c1OCC. The smallest absolute Gasteiger partial charge is 0.338 e. The van der Waals surface area contributed by atoms with E-state index < -0.39 is 28.4 Å². The molecule has 0 unspecified atom stereocenters. The molecule has 0 saturated heterocycles. The lowest BCUT2D eigenvalue weighted by Gasteiger charge is -2.17. The normalized spacial score (nSPS) is 10.1. The molecule has 12 nitrogen and oxygen atoms in total. The lowest BCUT2D eigenvalue weighted by molar-refractivity contribution is -0.384. The minimum Gasteiger partial charge on any atom is -0.490 e. The van der Waals surface area contributed by atoms with Crippen LogP contribution in [0, 0.1) is 10.1 Å². The van der Waals surface area contributed by atoms with E-state index in [2.05, 4.69) is 15.6 Å². The van der Waals surface area contributed by atoms with Crippen molar-refractivity contribution in [3.05, 3.63) is 57.1 Å². The topological polar surface area (TPSA) is 155 Å². The molecule has 0 aliphatic rings. The highest BCUT2D eigenvalue weighted by molar-refractivity contribution is 6.01. The molecule has 2 aromatic carbocycles. The molecule has 0 radical (unpaired) electrons. The van der Waals surface area contributed by atoms with Crippen LogP contribution in [0.3, 0.4) is 0 Å². The van der Waals surface area contributed by atoms with Crippen molar-refractivity contribution >= 4 is 23.5 Å². The third-order valence-electron chi connectivity index (χ3n) is 4.27. The van der Waals surface area contributed by atoms with Crippen molar-refractivity contribution in [3.63, 3.8) is 0 Å². The van der Waals surface area contributed by atoms with Gasteiger partial charge in [-0.15, -0.1) is 0 Å². The Balaban J connectivity index is 2.28. The lowest BCUT2D eigenvalue weighted by atomic mass is 10.1. The molecule has 2 rings (SSSR count). The van der Waals surface area contributed by atoms with Gasteiger partial charge in [-0.1, -0.05) is 0 Å². The molecular formula is C22H25N3O9. The van der Waals surface area contributed by atoms with Crippen LogP contribution in [0.15, 0.2) is 30.3 Å². The number of esters is 1. The maximum atomic E-state index is 12.7. The van der Waals surface area contributed by atoms with Gasteiger partial charge in [0, 0.05) is 23.3 Å². The van der Waals surface area contributed by atoms with Crippen molar-refractivity contribution < 1.29 is 38.3 Å². The van der Waals surface area contributed by atoms with E-state index in [1.165, 1.54) is 12.1 Å². The molecule has 182 valence electrons. The van der Waals surface area contributed by atoms with Gasteiger partial charge in [-0.3, -0.25) is 30.6 Å². The summed E-state index contributed by atoms with van der Waals surface area (Å²) in [5.41, 5.74) is 3.57. The molecule has 0 spiro atoms. The van der Waals surface area contributed by atoms with Gasteiger partial charge in [0.15, 0.2) is 11.5 Å². The molecule has 0 aromatic heterocycles. The zero-order chi connectivity index (χ0) is 25.3. The van der Waals surface area contributed by atoms with Gasteiger partial charge >= 0.3 is 5.97 Å². The Morgan fingerprint density at radius 3 is 1.71 bits per heavy atom. The maximum Gasteiger partial charge on any atom is 0.338 e. The van der Waals surface area contributed by atoms with Crippen molar-refractivity contribution in [3.8, 4) is 17.2 Å². The van der Waals surface area contributed by atoms with Crippen LogP contribution in [0.4, 0.5) is 5.69 Å². The Morgan fingerprint density at radius 1 is 0.794 bits per heavy atom. The fraction of sp³-hybridized carbons (Fsp3) is 0.318. The zero-order valence-corrected chi connectivity index (χ0v) is 19.1. The summed E-state index contributed by atoms with van der Waals surface area (Å²) < 4.78 is 21.3. The second kappa shape index (κ2) is 12.0. The number of methoxy groups -OCH3 is 1. The Morgan fingerprint density at radius 2 is 1.26 bits per heavy atom. The second-order valence-corrected chi connectivity index (χ2v) is 6.53. The summed E-state index contributed by atoms with van der Waals surface area (Å²) >= 11 is 0. The van der Waals surface area contributed by atoms with Crippen molar-refractivity contribution in [2.75, 3.05) is 26.9 Å². The Labute approximate surface area is 195 Å². The molecule has 34 heavy (non-hydrogen) atoms. The van der Waals surface area contributed by atoms with Crippen LogP contribution in [-0.2, 0) is 4.74 Å². The first kappa shape index (κ1) is 25.9. The molecule has 0 bridgehead atoms. The Kier molecular flexibility index (Phi) is 9.18. The molecule has 0 saturated carbocycles. The quantitative estimate of drug-likeness (QED) is 0.300. The Bertz CT molecular complexity index is 1060. The molecular weight excluding hydrogens is 450 g/mol. The van der Waals surface area contributed by atoms with E-state index in [0.29, 0.717) is 25.6 Å². The van der Waals surface area contributed by atoms with Gasteiger partial charge in [-0.05, 0) is 39.0 Å². The van der Waals surface area contributed by atoms with E-state index in [1.807, 2.05) is 0 Å². The van der Waals surface area contributed by atoms with Gasteiger partial charge in [-0.2, -0.15) is 0 Å². The van der Waals surface area contributed by atoms with Crippen molar-refractivity contribution in [1.82, 2.24) is 10.9 Å². The average molecular weight is 475 g/mol. The van der Waals surface area contributed by atoms with E-state index in [0.717, 1.165) is 25.3 Å². The van der Waals surface area contributed by atoms with E-state index in [4.69, 9.17) is 14.2 Å². The first-order valence-corrected chi connectivity index (χ1v) is 10.3. The van der Waals surface area contributed by atoms with Crippen LogP contribution in [0.5, 0.6) is 17.2 Å². The van der Waals surface area contributed by atoms with Gasteiger partial charge in [0.05, 0.1) is 37.4 Å². The predicted octanol–water partition coefficient (Wildman–Crippen LogP) is 2.65. The van der Waals surface area contributed by atoms with Gasteiger partial charge in [0.2, 0.25) is 5.75 Å². The molecule has 0 atom stereocenters. The number of carbonyl (C=O) groups excluding carboxylic acids is 3. The highest BCUT2D eigenvalue weighted by Gasteiger charge is 2.21. The van der Waals surface area contributed by atoms with E-state index in [9.17, 15) is 24.5 Å². The van der Waals surface area contributed by atoms with Gasteiger partial charge in [0.25, 0.3) is 17.5 Å². The van der Waals surface area contributed by atoms with Gasteiger partial charge in [0.1, 0.15) is 0 Å². The number of ether oxygens (including phenoxy) is 4. The number of nitrogens with one attached hydrogen (secondary N) is 2. The molecule has 12 heteroatoms. The van der Waals surface area contributed by atoms with Crippen molar-refractivity contribution in [2.45, 2.75) is 20.8 Å². The van der Waals surface area contributed by atoms with Crippen LogP contribution in [0.25, 0.3) is 0 Å². The van der Waals surface area contributed by atoms with E-state index in [-0.39, 0.29) is 28.2 Å². The van der Waals surface area contributed by atoms with Crippen LogP contribution in [-0.4, -0.2) is 49.6 Å². The number of rotatable bonds is 10. The van der Waals surface area contributed by atoms with Crippen LogP contribution < -0.4 is 25.1 Å². The molecule has 0 aliphatic heterocycles. The summed E-state index contributed by atoms with van der Waals surface area (Å²) in [6.07, 6.45) is 0. The highest BCUT2D eigenvalue weighted by atomic mass is 16.6. The number of benzene rings is 2. The number of nitro benzene ring substituents is 1. The number of carbonyl (C=O) groups is 3. The van der Waals surface area contributed by atoms with Crippen molar-refractivity contribution in [2.24, 2.45) is 0 Å². The summed E-state index contributed by atoms with van der Waals surface area (Å²) in [4.78, 5) is 47.4. The molecule has 0 fully saturated rings. The van der Waals surface area contributed by atoms with Crippen LogP contribution >= 0.6 is 0 Å². The predicted molar refractivity (Wildman–Crippen MR) is 119 cm³/mol. The first-order valence-electron chi connectivity index (χ1n) is 10.3. The largest absolute Gasteiger partial charge is 0.490 e. The maximum absolute atomic E-state index is 12.7. The second-order valence-electron chi connectivity index (χ2n) is 6.53. The zero-order valence-electron chi connectivity index (χ0n) is 19.1. The minimum atomic E-state index is -0.886. The summed E-state index contributed by atoms with van der Waals surface area (Å²) in [6, 6.07) is 5.91. The lowest BCUT2D eigenvalue weighted by Crippen LogP contribution is -2.41. The molecule has 2 amide bonds. The number of nitrogens with zero attached hydrogens (tertiary/aromatic N) is 1. The third kappa shape index (κ3) is 6.34. The highest BCUT2D eigenvalue weighted by Crippen LogP contribution is 2.39.